The van der Waals surface area contributed by atoms with Crippen molar-refractivity contribution in [3.05, 3.63) is 61.8 Å². The summed E-state index contributed by atoms with van der Waals surface area (Å²) in [5.74, 6) is -0.686. The molecule has 11 heteroatoms. The topological polar surface area (TPSA) is 131 Å². The van der Waals surface area contributed by atoms with Crippen LogP contribution in [0.25, 0.3) is 10.9 Å². The molecule has 0 radical (unpaired) electrons. The molecule has 4 N–H and O–H groups in total. The number of fused-ring (bicyclic) bond motifs is 1. The van der Waals surface area contributed by atoms with Crippen molar-refractivity contribution in [2.75, 3.05) is 25.5 Å². The number of likely N-dealkylation sites (N-methyl/N-ethyl adjacent to an activating group) is 1. The first-order valence-corrected chi connectivity index (χ1v) is 13.4. The van der Waals surface area contributed by atoms with Gasteiger partial charge in [-0.2, -0.15) is 0 Å². The normalized spacial score (nSPS) is 23.7. The predicted octanol–water partition coefficient (Wildman–Crippen LogP) is 1.36. The molecule has 5 rings (SSSR count). The Balaban J connectivity index is 1.36. The van der Waals surface area contributed by atoms with Gasteiger partial charge in [-0.25, -0.2) is 4.79 Å². The minimum Gasteiger partial charge on any atom is -0.347 e. The van der Waals surface area contributed by atoms with E-state index < -0.39 is 12.0 Å². The van der Waals surface area contributed by atoms with Gasteiger partial charge in [0.1, 0.15) is 0 Å². The van der Waals surface area contributed by atoms with Crippen LogP contribution in [0.5, 0.6) is 0 Å². The molecule has 0 bridgehead atoms. The van der Waals surface area contributed by atoms with E-state index in [1.54, 1.807) is 34.9 Å². The number of likely N-dealkylation sites (tertiary alicyclic amines) is 1. The van der Waals surface area contributed by atoms with Gasteiger partial charge in [0.15, 0.2) is 0 Å². The fraction of sp³-hybridized carbons (Fsp3) is 0.481. The predicted molar refractivity (Wildman–Crippen MR) is 147 cm³/mol. The molecular formula is C27H33ClN6O4. The number of nitrogens with two attached hydrogens (primary N) is 1. The van der Waals surface area contributed by atoms with Crippen LogP contribution in [-0.2, 0) is 22.7 Å². The molecule has 1 saturated heterocycles. The Hall–Kier alpha value is -3.21. The molecule has 1 aliphatic heterocycles. The average molecular weight is 541 g/mol. The van der Waals surface area contributed by atoms with Gasteiger partial charge in [0, 0.05) is 48.5 Å². The minimum atomic E-state index is -0.498. The zero-order valence-electron chi connectivity index (χ0n) is 21.6. The fourth-order valence-electron chi connectivity index (χ4n) is 5.27. The van der Waals surface area contributed by atoms with Gasteiger partial charge in [-0.1, -0.05) is 17.7 Å². The first-order valence-electron chi connectivity index (χ1n) is 13.1. The van der Waals surface area contributed by atoms with Gasteiger partial charge in [-0.3, -0.25) is 23.5 Å². The van der Waals surface area contributed by atoms with Crippen molar-refractivity contribution in [1.29, 1.82) is 0 Å². The van der Waals surface area contributed by atoms with E-state index in [-0.39, 0.29) is 29.1 Å². The molecule has 2 amide bonds. The van der Waals surface area contributed by atoms with Crippen LogP contribution >= 0.6 is 11.6 Å². The Morgan fingerprint density at radius 3 is 2.61 bits per heavy atom. The Labute approximate surface area is 225 Å². The van der Waals surface area contributed by atoms with E-state index in [1.807, 2.05) is 18.9 Å². The molecule has 1 unspecified atom stereocenters. The second-order valence-electron chi connectivity index (χ2n) is 10.5. The molecular weight excluding hydrogens is 508 g/mol. The summed E-state index contributed by atoms with van der Waals surface area (Å²) in [6.45, 7) is 3.71. The summed E-state index contributed by atoms with van der Waals surface area (Å²) in [5, 5.41) is 6.73. The summed E-state index contributed by atoms with van der Waals surface area (Å²) in [5.41, 5.74) is 6.70. The van der Waals surface area contributed by atoms with E-state index in [0.717, 1.165) is 12.8 Å². The molecule has 2 fully saturated rings. The Morgan fingerprint density at radius 1 is 1.16 bits per heavy atom. The molecule has 3 aliphatic rings. The van der Waals surface area contributed by atoms with Crippen LogP contribution in [0.2, 0.25) is 0 Å². The van der Waals surface area contributed by atoms with Crippen molar-refractivity contribution in [3.63, 3.8) is 0 Å². The number of hydrogen-bond donors (Lipinski definition) is 3. The van der Waals surface area contributed by atoms with Gasteiger partial charge < -0.3 is 21.3 Å². The van der Waals surface area contributed by atoms with Crippen LogP contribution in [0, 0.1) is 11.8 Å². The number of nitrogens with zero attached hydrogens (tertiary/aromatic N) is 3. The molecule has 0 spiro atoms. The zero-order valence-corrected chi connectivity index (χ0v) is 22.3. The third-order valence-electron chi connectivity index (χ3n) is 7.60. The van der Waals surface area contributed by atoms with Gasteiger partial charge in [-0.15, -0.1) is 0 Å². The number of benzene rings is 1. The van der Waals surface area contributed by atoms with Gasteiger partial charge in [0.05, 0.1) is 22.9 Å². The maximum atomic E-state index is 13.4. The van der Waals surface area contributed by atoms with Gasteiger partial charge >= 0.3 is 5.69 Å². The summed E-state index contributed by atoms with van der Waals surface area (Å²) < 4.78 is 2.91. The molecule has 38 heavy (non-hydrogen) atoms. The minimum absolute atomic E-state index is 0.255. The lowest BCUT2D eigenvalue weighted by Gasteiger charge is -2.21. The van der Waals surface area contributed by atoms with Crippen LogP contribution < -0.4 is 27.6 Å². The smallest absolute Gasteiger partial charge is 0.331 e. The molecule has 2 heterocycles. The number of halogens is 1. The van der Waals surface area contributed by atoms with E-state index in [1.165, 1.54) is 4.57 Å². The quantitative estimate of drug-likeness (QED) is 0.486. The molecule has 1 aromatic carbocycles. The first-order chi connectivity index (χ1) is 18.2. The standard InChI is InChI=1S/C27H33ClN6O4/c1-3-33-23-9-7-17(11-18(23)26(37)34(27(33)38)12-15-4-5-15)30-25(36)19-13-32(2)14-22(19)31-24(35)16-6-8-21(29)20(28)10-16/h6-7,9-11,15,19,21-22H,3-5,8,12-14,29H2,1-2H3,(H,30,36)(H,31,35)/t19-,21?,22-/m1/s1. The van der Waals surface area contributed by atoms with Crippen LogP contribution in [0.3, 0.4) is 0 Å². The molecule has 3 atom stereocenters. The highest BCUT2D eigenvalue weighted by molar-refractivity contribution is 6.31. The van der Waals surface area contributed by atoms with Crippen LogP contribution in [0.4, 0.5) is 5.69 Å². The van der Waals surface area contributed by atoms with E-state index in [4.69, 9.17) is 17.3 Å². The largest absolute Gasteiger partial charge is 0.347 e. The highest BCUT2D eigenvalue weighted by Gasteiger charge is 2.37. The van der Waals surface area contributed by atoms with Gasteiger partial charge in [0.25, 0.3) is 11.5 Å². The van der Waals surface area contributed by atoms with Crippen LogP contribution in [0.15, 0.2) is 50.5 Å². The Kier molecular flexibility index (Phi) is 7.30. The maximum Gasteiger partial charge on any atom is 0.331 e. The second kappa shape index (κ2) is 10.5. The number of carbonyl (C=O) groups is 2. The van der Waals surface area contributed by atoms with Crippen molar-refractivity contribution in [2.45, 2.75) is 51.4 Å². The lowest BCUT2D eigenvalue weighted by atomic mass is 9.99. The number of anilines is 1. The Bertz CT molecular complexity index is 1470. The van der Waals surface area contributed by atoms with Crippen molar-refractivity contribution in [3.8, 4) is 0 Å². The van der Waals surface area contributed by atoms with Gasteiger partial charge in [-0.05, 0) is 63.4 Å². The molecule has 202 valence electrons. The number of amides is 2. The van der Waals surface area contributed by atoms with Crippen molar-refractivity contribution in [2.24, 2.45) is 17.6 Å². The summed E-state index contributed by atoms with van der Waals surface area (Å²) in [6.07, 6.45) is 5.84. The van der Waals surface area contributed by atoms with Crippen molar-refractivity contribution >= 4 is 40.0 Å². The number of carbonyl (C=O) groups excluding carboxylic acids is 2. The van der Waals surface area contributed by atoms with E-state index in [0.29, 0.717) is 65.7 Å². The zero-order chi connectivity index (χ0) is 27.1. The Morgan fingerprint density at radius 2 is 1.92 bits per heavy atom. The molecule has 1 aromatic heterocycles. The third-order valence-corrected chi connectivity index (χ3v) is 7.99. The summed E-state index contributed by atoms with van der Waals surface area (Å²) in [4.78, 5) is 54.4. The number of rotatable bonds is 7. The number of nitrogens with one attached hydrogen (secondary N) is 2. The summed E-state index contributed by atoms with van der Waals surface area (Å²) >= 11 is 6.13. The molecule has 1 saturated carbocycles. The first kappa shape index (κ1) is 26.4. The molecule has 2 aliphatic carbocycles. The van der Waals surface area contributed by atoms with Crippen LogP contribution in [0.1, 0.15) is 26.2 Å². The maximum absolute atomic E-state index is 13.4. The number of aromatic nitrogens is 2. The lowest BCUT2D eigenvalue weighted by Crippen LogP contribution is -2.45. The van der Waals surface area contributed by atoms with Crippen molar-refractivity contribution in [1.82, 2.24) is 19.4 Å². The van der Waals surface area contributed by atoms with E-state index >= 15 is 0 Å². The highest BCUT2D eigenvalue weighted by atomic mass is 35.5. The molecule has 10 nitrogen and oxygen atoms in total. The second-order valence-corrected chi connectivity index (χ2v) is 11.0. The molecule has 2 aromatic rings. The fourth-order valence-corrected chi connectivity index (χ4v) is 5.47. The van der Waals surface area contributed by atoms with E-state index in [9.17, 15) is 19.2 Å². The highest BCUT2D eigenvalue weighted by Crippen LogP contribution is 2.30. The SMILES string of the molecule is CCn1c(=O)n(CC2CC2)c(=O)c2cc(NC(=O)[C@@H]3CN(C)C[C@H]3NC(=O)C3=CCC(N)C(Cl)=C3)ccc21. The number of hydrogen-bond acceptors (Lipinski definition) is 6. The van der Waals surface area contributed by atoms with E-state index in [2.05, 4.69) is 10.6 Å². The summed E-state index contributed by atoms with van der Waals surface area (Å²) in [6, 6.07) is 4.33. The lowest BCUT2D eigenvalue weighted by molar-refractivity contribution is -0.121. The average Bonchev–Trinajstić information content (AvgIpc) is 3.64. The monoisotopic (exact) mass is 540 g/mol. The van der Waals surface area contributed by atoms with Gasteiger partial charge in [0.2, 0.25) is 5.91 Å². The van der Waals surface area contributed by atoms with Crippen molar-refractivity contribution < 1.29 is 9.59 Å². The summed E-state index contributed by atoms with van der Waals surface area (Å²) in [7, 11) is 1.89. The number of aryl methyl sites for hydroxylation is 1. The third kappa shape index (κ3) is 5.21. The van der Waals surface area contributed by atoms with Crippen LogP contribution in [-0.4, -0.2) is 58.1 Å².